The highest BCUT2D eigenvalue weighted by atomic mass is 32.1. The second kappa shape index (κ2) is 7.67. The number of nitrogens with two attached hydrogens (primary N) is 1. The number of hydrogen-bond acceptors (Lipinski definition) is 6. The van der Waals surface area contributed by atoms with Crippen LogP contribution in [-0.4, -0.2) is 18.0 Å². The van der Waals surface area contributed by atoms with Crippen molar-refractivity contribution in [2.45, 2.75) is 19.8 Å². The largest absolute Gasteiger partial charge is 0.495 e. The van der Waals surface area contributed by atoms with Crippen LogP contribution in [0.3, 0.4) is 0 Å². The number of carbonyl (C=O) groups excluding carboxylic acids is 1. The molecule has 0 aliphatic rings. The summed E-state index contributed by atoms with van der Waals surface area (Å²) in [7, 11) is 1.59. The molecule has 0 atom stereocenters. The zero-order valence-corrected chi connectivity index (χ0v) is 15.7. The van der Waals surface area contributed by atoms with Gasteiger partial charge in [-0.25, -0.2) is 4.98 Å². The van der Waals surface area contributed by atoms with E-state index in [4.69, 9.17) is 10.5 Å². The van der Waals surface area contributed by atoms with Crippen LogP contribution in [0.15, 0.2) is 35.7 Å². The average Bonchev–Trinajstić information content (AvgIpc) is 3.22. The second-order valence-corrected chi connectivity index (χ2v) is 7.62. The topological polar surface area (TPSA) is 77.2 Å². The maximum absolute atomic E-state index is 12.4. The summed E-state index contributed by atoms with van der Waals surface area (Å²) in [4.78, 5) is 18.9. The molecule has 130 valence electrons. The standard InChI is InChI=1S/C18H19N3O2S2/c1-11-5-6-13(23-2)12(10-11)20-16(22)8-7-15-17(21-18(19)25-15)14-4-3-9-24-14/h3-6,9-10H,7-8H2,1-2H3,(H2,19,21)(H,20,22). The molecule has 5 nitrogen and oxygen atoms in total. The Balaban J connectivity index is 1.69. The zero-order chi connectivity index (χ0) is 17.8. The maximum atomic E-state index is 12.4. The third kappa shape index (κ3) is 4.18. The fraction of sp³-hybridized carbons (Fsp3) is 0.222. The van der Waals surface area contributed by atoms with Gasteiger partial charge in [0.1, 0.15) is 5.75 Å². The van der Waals surface area contributed by atoms with E-state index in [1.54, 1.807) is 18.4 Å². The average molecular weight is 374 g/mol. The van der Waals surface area contributed by atoms with Gasteiger partial charge in [-0.05, 0) is 42.5 Å². The van der Waals surface area contributed by atoms with E-state index in [9.17, 15) is 4.79 Å². The number of carbonyl (C=O) groups is 1. The first-order valence-electron chi connectivity index (χ1n) is 7.80. The molecule has 0 unspecified atom stereocenters. The molecule has 0 bridgehead atoms. The number of anilines is 2. The molecule has 0 fully saturated rings. The lowest BCUT2D eigenvalue weighted by Crippen LogP contribution is -2.13. The molecule has 0 saturated carbocycles. The normalized spacial score (nSPS) is 10.6. The van der Waals surface area contributed by atoms with E-state index in [0.717, 1.165) is 21.0 Å². The summed E-state index contributed by atoms with van der Waals surface area (Å²) in [6, 6.07) is 9.69. The highest BCUT2D eigenvalue weighted by Gasteiger charge is 2.15. The van der Waals surface area contributed by atoms with Crippen molar-refractivity contribution in [2.24, 2.45) is 0 Å². The molecule has 3 N–H and O–H groups in total. The number of amides is 1. The molecule has 3 rings (SSSR count). The highest BCUT2D eigenvalue weighted by molar-refractivity contribution is 7.17. The molecular weight excluding hydrogens is 354 g/mol. The fourth-order valence-electron chi connectivity index (χ4n) is 2.50. The van der Waals surface area contributed by atoms with Gasteiger partial charge in [-0.1, -0.05) is 12.1 Å². The number of thiophene rings is 1. The first kappa shape index (κ1) is 17.4. The van der Waals surface area contributed by atoms with Crippen LogP contribution in [0.5, 0.6) is 5.75 Å². The van der Waals surface area contributed by atoms with Gasteiger partial charge in [-0.2, -0.15) is 0 Å². The number of rotatable bonds is 6. The van der Waals surface area contributed by atoms with Crippen LogP contribution in [0.2, 0.25) is 0 Å². The Morgan fingerprint density at radius 3 is 2.92 bits per heavy atom. The maximum Gasteiger partial charge on any atom is 0.224 e. The molecule has 2 heterocycles. The van der Waals surface area contributed by atoms with Crippen LogP contribution < -0.4 is 15.8 Å². The van der Waals surface area contributed by atoms with Crippen molar-refractivity contribution in [3.8, 4) is 16.3 Å². The highest BCUT2D eigenvalue weighted by Crippen LogP contribution is 2.33. The summed E-state index contributed by atoms with van der Waals surface area (Å²) in [5, 5.41) is 5.46. The van der Waals surface area contributed by atoms with E-state index >= 15 is 0 Å². The van der Waals surface area contributed by atoms with Gasteiger partial charge in [0.2, 0.25) is 5.91 Å². The number of nitrogens with one attached hydrogen (secondary N) is 1. The van der Waals surface area contributed by atoms with Crippen molar-refractivity contribution in [1.29, 1.82) is 0 Å². The number of nitrogens with zero attached hydrogens (tertiary/aromatic N) is 1. The van der Waals surface area contributed by atoms with Crippen molar-refractivity contribution < 1.29 is 9.53 Å². The van der Waals surface area contributed by atoms with Gasteiger partial charge in [0.15, 0.2) is 5.13 Å². The molecule has 3 aromatic rings. The van der Waals surface area contributed by atoms with Crippen molar-refractivity contribution in [3.63, 3.8) is 0 Å². The summed E-state index contributed by atoms with van der Waals surface area (Å²) in [5.41, 5.74) is 8.50. The molecule has 0 saturated heterocycles. The second-order valence-electron chi connectivity index (χ2n) is 5.55. The van der Waals surface area contributed by atoms with Crippen LogP contribution in [0.25, 0.3) is 10.6 Å². The lowest BCUT2D eigenvalue weighted by molar-refractivity contribution is -0.116. The van der Waals surface area contributed by atoms with Crippen LogP contribution in [0.1, 0.15) is 16.9 Å². The monoisotopic (exact) mass is 373 g/mol. The summed E-state index contributed by atoms with van der Waals surface area (Å²) in [5.74, 6) is 0.591. The molecule has 0 spiro atoms. The summed E-state index contributed by atoms with van der Waals surface area (Å²) >= 11 is 3.06. The van der Waals surface area contributed by atoms with Crippen molar-refractivity contribution in [2.75, 3.05) is 18.2 Å². The predicted molar refractivity (Wildman–Crippen MR) is 105 cm³/mol. The molecule has 0 aliphatic carbocycles. The number of aryl methyl sites for hydroxylation is 2. The minimum absolute atomic E-state index is 0.0620. The number of aromatic nitrogens is 1. The lowest BCUT2D eigenvalue weighted by Gasteiger charge is -2.11. The summed E-state index contributed by atoms with van der Waals surface area (Å²) in [6.07, 6.45) is 0.958. The lowest BCUT2D eigenvalue weighted by atomic mass is 10.2. The third-order valence-corrected chi connectivity index (χ3v) is 5.50. The molecule has 0 aliphatic heterocycles. The summed E-state index contributed by atoms with van der Waals surface area (Å²) in [6.45, 7) is 1.97. The van der Waals surface area contributed by atoms with Crippen molar-refractivity contribution >= 4 is 39.4 Å². The summed E-state index contributed by atoms with van der Waals surface area (Å²) < 4.78 is 5.30. The predicted octanol–water partition coefficient (Wildman–Crippen LogP) is 4.34. The molecule has 1 amide bonds. The van der Waals surface area contributed by atoms with Gasteiger partial charge in [0.05, 0.1) is 23.4 Å². The SMILES string of the molecule is COc1ccc(C)cc1NC(=O)CCc1sc(N)nc1-c1cccs1. The van der Waals surface area contributed by atoms with Crippen LogP contribution in [0.4, 0.5) is 10.8 Å². The molecule has 2 aromatic heterocycles. The van der Waals surface area contributed by atoms with E-state index in [-0.39, 0.29) is 5.91 Å². The molecule has 25 heavy (non-hydrogen) atoms. The fourth-order valence-corrected chi connectivity index (χ4v) is 4.16. The molecule has 0 radical (unpaired) electrons. The van der Waals surface area contributed by atoms with Gasteiger partial charge in [-0.15, -0.1) is 22.7 Å². The van der Waals surface area contributed by atoms with E-state index in [2.05, 4.69) is 10.3 Å². The first-order valence-corrected chi connectivity index (χ1v) is 9.50. The number of benzene rings is 1. The Kier molecular flexibility index (Phi) is 5.35. The van der Waals surface area contributed by atoms with Gasteiger partial charge in [0, 0.05) is 11.3 Å². The minimum Gasteiger partial charge on any atom is -0.495 e. The van der Waals surface area contributed by atoms with Gasteiger partial charge < -0.3 is 15.8 Å². The number of nitrogen functional groups attached to an aromatic ring is 1. The molecular formula is C18H19N3O2S2. The van der Waals surface area contributed by atoms with Gasteiger partial charge >= 0.3 is 0 Å². The Morgan fingerprint density at radius 2 is 2.20 bits per heavy atom. The van der Waals surface area contributed by atoms with E-state index in [1.807, 2.05) is 42.6 Å². The third-order valence-electron chi connectivity index (χ3n) is 3.68. The quantitative estimate of drug-likeness (QED) is 0.674. The van der Waals surface area contributed by atoms with Crippen molar-refractivity contribution in [1.82, 2.24) is 4.98 Å². The number of methoxy groups -OCH3 is 1. The Morgan fingerprint density at radius 1 is 1.36 bits per heavy atom. The smallest absolute Gasteiger partial charge is 0.224 e. The van der Waals surface area contributed by atoms with Gasteiger partial charge in [-0.3, -0.25) is 4.79 Å². The number of thiazole rings is 1. The van der Waals surface area contributed by atoms with Crippen LogP contribution in [-0.2, 0) is 11.2 Å². The number of ether oxygens (including phenoxy) is 1. The Bertz CT molecular complexity index is 873. The Hall–Kier alpha value is -2.38. The molecule has 1 aromatic carbocycles. The van der Waals surface area contributed by atoms with Crippen LogP contribution >= 0.6 is 22.7 Å². The molecule has 7 heteroatoms. The van der Waals surface area contributed by atoms with Crippen LogP contribution in [0, 0.1) is 6.92 Å². The van der Waals surface area contributed by atoms with Gasteiger partial charge in [0.25, 0.3) is 0 Å². The minimum atomic E-state index is -0.0620. The first-order chi connectivity index (χ1) is 12.1. The van der Waals surface area contributed by atoms with E-state index in [1.165, 1.54) is 11.3 Å². The van der Waals surface area contributed by atoms with E-state index < -0.39 is 0 Å². The number of hydrogen-bond donors (Lipinski definition) is 2. The Labute approximate surface area is 154 Å². The van der Waals surface area contributed by atoms with Crippen molar-refractivity contribution in [3.05, 3.63) is 46.2 Å². The zero-order valence-electron chi connectivity index (χ0n) is 14.0. The van der Waals surface area contributed by atoms with E-state index in [0.29, 0.717) is 29.4 Å².